The van der Waals surface area contributed by atoms with Crippen molar-refractivity contribution < 1.29 is 9.18 Å². The second-order valence-corrected chi connectivity index (χ2v) is 5.83. The highest BCUT2D eigenvalue weighted by Gasteiger charge is 2.11. The van der Waals surface area contributed by atoms with Gasteiger partial charge in [0.1, 0.15) is 5.82 Å². The van der Waals surface area contributed by atoms with Crippen molar-refractivity contribution in [3.05, 3.63) is 63.9 Å². The molecular weight excluding hydrogens is 339 g/mol. The number of carbonyl (C=O) groups is 1. The van der Waals surface area contributed by atoms with E-state index in [0.717, 1.165) is 16.8 Å². The lowest BCUT2D eigenvalue weighted by Gasteiger charge is -1.99. The average Bonchev–Trinajstić information content (AvgIpc) is 3.20. The number of carbonyl (C=O) groups excluding carboxylic acids is 1. The maximum Gasteiger partial charge on any atom is 0.291 e. The van der Waals surface area contributed by atoms with Gasteiger partial charge < -0.3 is 0 Å². The lowest BCUT2D eigenvalue weighted by Crippen LogP contribution is -2.18. The number of amides is 1. The van der Waals surface area contributed by atoms with E-state index in [2.05, 4.69) is 20.7 Å². The van der Waals surface area contributed by atoms with Crippen molar-refractivity contribution in [3.8, 4) is 10.6 Å². The minimum Gasteiger partial charge on any atom is -0.276 e. The number of nitrogens with zero attached hydrogens (tertiary/aromatic N) is 2. The summed E-state index contributed by atoms with van der Waals surface area (Å²) in [5, 5.41) is 12.6. The van der Waals surface area contributed by atoms with Gasteiger partial charge in [-0.3, -0.25) is 9.89 Å². The van der Waals surface area contributed by atoms with Crippen molar-refractivity contribution in [3.63, 3.8) is 0 Å². The first-order valence-electron chi connectivity index (χ1n) is 6.52. The average molecular weight is 349 g/mol. The Kier molecular flexibility index (Phi) is 4.50. The third-order valence-corrected chi connectivity index (χ3v) is 4.19. The Hall–Kier alpha value is -2.51. The van der Waals surface area contributed by atoms with Crippen LogP contribution in [0.2, 0.25) is 5.02 Å². The van der Waals surface area contributed by atoms with E-state index in [1.165, 1.54) is 29.5 Å². The number of rotatable bonds is 4. The molecule has 0 bridgehead atoms. The molecule has 0 saturated heterocycles. The van der Waals surface area contributed by atoms with Crippen molar-refractivity contribution in [2.45, 2.75) is 0 Å². The Labute approximate surface area is 139 Å². The van der Waals surface area contributed by atoms with Gasteiger partial charge >= 0.3 is 0 Å². The number of aromatic nitrogens is 2. The quantitative estimate of drug-likeness (QED) is 0.557. The highest BCUT2D eigenvalue weighted by molar-refractivity contribution is 7.13. The number of hydrazone groups is 1. The number of nitrogens with one attached hydrogen (secondary N) is 2. The second kappa shape index (κ2) is 6.72. The number of H-pyrrole nitrogens is 1. The van der Waals surface area contributed by atoms with Gasteiger partial charge in [-0.1, -0.05) is 23.7 Å². The zero-order valence-electron chi connectivity index (χ0n) is 11.6. The van der Waals surface area contributed by atoms with Crippen LogP contribution in [-0.4, -0.2) is 22.3 Å². The topological polar surface area (TPSA) is 70.1 Å². The highest BCUT2D eigenvalue weighted by Crippen LogP contribution is 2.22. The molecule has 0 spiro atoms. The monoisotopic (exact) mass is 348 g/mol. The van der Waals surface area contributed by atoms with Crippen LogP contribution in [0.25, 0.3) is 10.6 Å². The Morgan fingerprint density at radius 2 is 2.26 bits per heavy atom. The molecule has 2 aromatic heterocycles. The molecule has 0 saturated carbocycles. The molecule has 3 rings (SSSR count). The SMILES string of the molecule is O=C(NN=Cc1c(F)cccc1Cl)c1cc(-c2cccs2)[nH]n1. The molecule has 2 N–H and O–H groups in total. The van der Waals surface area contributed by atoms with Gasteiger partial charge in [0.15, 0.2) is 5.69 Å². The fourth-order valence-corrected chi connectivity index (χ4v) is 2.75. The second-order valence-electron chi connectivity index (χ2n) is 4.48. The van der Waals surface area contributed by atoms with Gasteiger partial charge in [-0.25, -0.2) is 9.82 Å². The third kappa shape index (κ3) is 3.46. The molecule has 23 heavy (non-hydrogen) atoms. The van der Waals surface area contributed by atoms with Crippen LogP contribution < -0.4 is 5.43 Å². The van der Waals surface area contributed by atoms with Crippen molar-refractivity contribution in [2.24, 2.45) is 5.10 Å². The summed E-state index contributed by atoms with van der Waals surface area (Å²) in [6.07, 6.45) is 1.16. The van der Waals surface area contributed by atoms with Crippen molar-refractivity contribution in [2.75, 3.05) is 0 Å². The molecule has 0 unspecified atom stereocenters. The zero-order chi connectivity index (χ0) is 16.2. The third-order valence-electron chi connectivity index (χ3n) is 2.96. The van der Waals surface area contributed by atoms with E-state index in [0.29, 0.717) is 0 Å². The maximum absolute atomic E-state index is 13.6. The molecule has 0 fully saturated rings. The molecule has 116 valence electrons. The van der Waals surface area contributed by atoms with Crippen molar-refractivity contribution >= 4 is 35.1 Å². The summed E-state index contributed by atoms with van der Waals surface area (Å²) in [4.78, 5) is 12.9. The normalized spacial score (nSPS) is 11.0. The summed E-state index contributed by atoms with van der Waals surface area (Å²) in [6, 6.07) is 9.72. The fraction of sp³-hybridized carbons (Fsp3) is 0. The Bertz CT molecular complexity index is 840. The molecule has 5 nitrogen and oxygen atoms in total. The van der Waals surface area contributed by atoms with E-state index in [1.54, 1.807) is 6.07 Å². The zero-order valence-corrected chi connectivity index (χ0v) is 13.2. The summed E-state index contributed by atoms with van der Waals surface area (Å²) in [6.45, 7) is 0. The molecule has 8 heteroatoms. The van der Waals surface area contributed by atoms with Crippen LogP contribution in [0.5, 0.6) is 0 Å². The molecule has 1 amide bonds. The highest BCUT2D eigenvalue weighted by atomic mass is 35.5. The van der Waals surface area contributed by atoms with Gasteiger partial charge in [0.25, 0.3) is 5.91 Å². The van der Waals surface area contributed by atoms with Gasteiger partial charge in [0.05, 0.1) is 21.8 Å². The summed E-state index contributed by atoms with van der Waals surface area (Å²) < 4.78 is 13.6. The molecule has 0 radical (unpaired) electrons. The first-order valence-corrected chi connectivity index (χ1v) is 7.77. The molecule has 2 heterocycles. The number of aromatic amines is 1. The summed E-state index contributed by atoms with van der Waals surface area (Å²) in [7, 11) is 0. The molecule has 3 aromatic rings. The largest absolute Gasteiger partial charge is 0.291 e. The molecule has 0 aliphatic rings. The Balaban J connectivity index is 1.69. The van der Waals surface area contributed by atoms with E-state index >= 15 is 0 Å². The standard InChI is InChI=1S/C15H10ClFN4OS/c16-10-3-1-4-11(17)9(10)8-18-21-15(22)13-7-12(19-20-13)14-5-2-6-23-14/h1-8H,(H,19,20)(H,21,22). The van der Waals surface area contributed by atoms with E-state index in [-0.39, 0.29) is 16.3 Å². The molecule has 0 aliphatic carbocycles. The Morgan fingerprint density at radius 3 is 3.00 bits per heavy atom. The van der Waals surface area contributed by atoms with Gasteiger partial charge in [-0.2, -0.15) is 10.2 Å². The molecular formula is C15H10ClFN4OS. The van der Waals surface area contributed by atoms with E-state index < -0.39 is 11.7 Å². The first-order chi connectivity index (χ1) is 11.1. The van der Waals surface area contributed by atoms with Crippen molar-refractivity contribution in [1.29, 1.82) is 0 Å². The van der Waals surface area contributed by atoms with Gasteiger partial charge in [0, 0.05) is 5.56 Å². The van der Waals surface area contributed by atoms with Crippen LogP contribution in [0.1, 0.15) is 16.1 Å². The number of hydrogen-bond acceptors (Lipinski definition) is 4. The predicted molar refractivity (Wildman–Crippen MR) is 88.4 cm³/mol. The van der Waals surface area contributed by atoms with Crippen LogP contribution in [-0.2, 0) is 0 Å². The first kappa shape index (κ1) is 15.4. The number of hydrogen-bond donors (Lipinski definition) is 2. The van der Waals surface area contributed by atoms with Crippen LogP contribution in [0.4, 0.5) is 4.39 Å². The number of halogens is 2. The number of benzene rings is 1. The smallest absolute Gasteiger partial charge is 0.276 e. The Morgan fingerprint density at radius 1 is 1.39 bits per heavy atom. The van der Waals surface area contributed by atoms with Gasteiger partial charge in [-0.15, -0.1) is 11.3 Å². The van der Waals surface area contributed by atoms with Crippen molar-refractivity contribution in [1.82, 2.24) is 15.6 Å². The molecule has 0 aliphatic heterocycles. The van der Waals surface area contributed by atoms with Gasteiger partial charge in [-0.05, 0) is 29.6 Å². The summed E-state index contributed by atoms with van der Waals surface area (Å²) in [5.74, 6) is -1.02. The number of thiophene rings is 1. The van der Waals surface area contributed by atoms with Crippen LogP contribution in [0, 0.1) is 5.82 Å². The van der Waals surface area contributed by atoms with Gasteiger partial charge in [0.2, 0.25) is 0 Å². The minimum atomic E-state index is -0.518. The summed E-state index contributed by atoms with van der Waals surface area (Å²) in [5.41, 5.74) is 3.32. The van der Waals surface area contributed by atoms with E-state index in [4.69, 9.17) is 11.6 Å². The lowest BCUT2D eigenvalue weighted by molar-refractivity contribution is 0.0950. The minimum absolute atomic E-state index is 0.107. The predicted octanol–water partition coefficient (Wildman–Crippen LogP) is 3.69. The van der Waals surface area contributed by atoms with Crippen LogP contribution >= 0.6 is 22.9 Å². The molecule has 0 atom stereocenters. The lowest BCUT2D eigenvalue weighted by atomic mass is 10.2. The summed E-state index contributed by atoms with van der Waals surface area (Å²) >= 11 is 7.39. The molecule has 1 aromatic carbocycles. The van der Waals surface area contributed by atoms with E-state index in [1.807, 2.05) is 17.5 Å². The van der Waals surface area contributed by atoms with Crippen LogP contribution in [0.3, 0.4) is 0 Å². The van der Waals surface area contributed by atoms with E-state index in [9.17, 15) is 9.18 Å². The fourth-order valence-electron chi connectivity index (χ4n) is 1.84. The van der Waals surface area contributed by atoms with Crippen LogP contribution in [0.15, 0.2) is 46.9 Å². The maximum atomic E-state index is 13.6.